The third-order valence-corrected chi connectivity index (χ3v) is 8.32. The van der Waals surface area contributed by atoms with Crippen LogP contribution in [0.3, 0.4) is 0 Å². The minimum atomic E-state index is -4.73. The second-order valence-corrected chi connectivity index (χ2v) is 11.0. The monoisotopic (exact) mass is 536 g/mol. The Labute approximate surface area is 204 Å². The van der Waals surface area contributed by atoms with Gasteiger partial charge >= 0.3 is 6.18 Å². The molecule has 1 fully saturated rings. The Hall–Kier alpha value is -2.24. The Balaban J connectivity index is 1.90. The predicted molar refractivity (Wildman–Crippen MR) is 122 cm³/mol. The molecule has 0 radical (unpaired) electrons. The molecule has 34 heavy (non-hydrogen) atoms. The number of hydrogen-bond acceptors (Lipinski definition) is 5. The van der Waals surface area contributed by atoms with Crippen LogP contribution in [0.2, 0.25) is 10.0 Å². The van der Waals surface area contributed by atoms with E-state index < -0.39 is 39.9 Å². The van der Waals surface area contributed by atoms with Crippen molar-refractivity contribution in [2.45, 2.75) is 51.4 Å². The summed E-state index contributed by atoms with van der Waals surface area (Å²) in [6.45, 7) is 3.20. The van der Waals surface area contributed by atoms with Gasteiger partial charge in [-0.1, -0.05) is 36.2 Å². The third kappa shape index (κ3) is 4.52. The van der Waals surface area contributed by atoms with Gasteiger partial charge in [0, 0.05) is 17.8 Å². The standard InChI is InChI=1S/C21H21Cl2F3N4O3S/c1-3-8-34(32,33)30(13-5-6-13)20(31)18-11(2)27-17-10-16(21(24,25)26)28-29(17)19(18)12-4-7-14(22)15(23)9-12/h4,7,9-10,13,19,27H,3,5-6,8H2,1-2H3. The maximum Gasteiger partial charge on any atom is 0.435 e. The van der Waals surface area contributed by atoms with Crippen LogP contribution in [0.5, 0.6) is 0 Å². The number of hydrogen-bond donors (Lipinski definition) is 1. The number of alkyl halides is 3. The van der Waals surface area contributed by atoms with Crippen molar-refractivity contribution < 1.29 is 26.4 Å². The van der Waals surface area contributed by atoms with E-state index in [2.05, 4.69) is 10.4 Å². The van der Waals surface area contributed by atoms with E-state index in [9.17, 15) is 26.4 Å². The molecule has 7 nitrogen and oxygen atoms in total. The summed E-state index contributed by atoms with van der Waals surface area (Å²) in [6.07, 6.45) is -3.37. The second-order valence-electron chi connectivity index (χ2n) is 8.25. The summed E-state index contributed by atoms with van der Waals surface area (Å²) in [7, 11) is -3.93. The molecule has 2 heterocycles. The molecule has 2 aliphatic rings. The van der Waals surface area contributed by atoms with E-state index in [1.807, 2.05) is 0 Å². The lowest BCUT2D eigenvalue weighted by molar-refractivity contribution is -0.141. The largest absolute Gasteiger partial charge is 0.435 e. The number of halogens is 5. The number of rotatable bonds is 6. The summed E-state index contributed by atoms with van der Waals surface area (Å²) >= 11 is 12.2. The predicted octanol–water partition coefficient (Wildman–Crippen LogP) is 5.23. The first kappa shape index (κ1) is 24.9. The lowest BCUT2D eigenvalue weighted by atomic mass is 9.95. The van der Waals surface area contributed by atoms with Crippen LogP contribution in [-0.2, 0) is 21.0 Å². The van der Waals surface area contributed by atoms with Crippen molar-refractivity contribution in [2.24, 2.45) is 0 Å². The van der Waals surface area contributed by atoms with Gasteiger partial charge in [0.1, 0.15) is 11.9 Å². The van der Waals surface area contributed by atoms with Gasteiger partial charge in [0.25, 0.3) is 5.91 Å². The Morgan fingerprint density at radius 1 is 1.24 bits per heavy atom. The molecule has 184 valence electrons. The fourth-order valence-corrected chi connectivity index (χ4v) is 6.02. The first-order valence-electron chi connectivity index (χ1n) is 10.5. The fraction of sp³-hybridized carbons (Fsp3) is 0.429. The maximum atomic E-state index is 13.8. The SMILES string of the molecule is CCCS(=O)(=O)N(C(=O)C1=C(C)Nc2cc(C(F)(F)F)nn2C1c1ccc(Cl)c(Cl)c1)C1CC1. The van der Waals surface area contributed by atoms with E-state index >= 15 is 0 Å². The number of nitrogens with one attached hydrogen (secondary N) is 1. The molecule has 1 atom stereocenters. The molecule has 0 saturated heterocycles. The number of nitrogens with zero attached hydrogens (tertiary/aromatic N) is 3. The molecule has 1 aromatic heterocycles. The molecular weight excluding hydrogens is 516 g/mol. The van der Waals surface area contributed by atoms with Gasteiger partial charge in [0.15, 0.2) is 5.69 Å². The van der Waals surface area contributed by atoms with Gasteiger partial charge in [0.2, 0.25) is 10.0 Å². The van der Waals surface area contributed by atoms with Crippen LogP contribution in [0, 0.1) is 0 Å². The number of fused-ring (bicyclic) bond motifs is 1. The van der Waals surface area contributed by atoms with E-state index in [-0.39, 0.29) is 32.9 Å². The van der Waals surface area contributed by atoms with Crippen LogP contribution < -0.4 is 5.32 Å². The highest BCUT2D eigenvalue weighted by Crippen LogP contribution is 2.42. The molecule has 1 amide bonds. The first-order chi connectivity index (χ1) is 15.8. The average Bonchev–Trinajstić information content (AvgIpc) is 3.44. The normalized spacial score (nSPS) is 18.5. The number of carbonyl (C=O) groups is 1. The van der Waals surface area contributed by atoms with Crippen molar-refractivity contribution >= 4 is 45.0 Å². The number of sulfonamides is 1. The third-order valence-electron chi connectivity index (χ3n) is 5.59. The van der Waals surface area contributed by atoms with E-state index in [1.54, 1.807) is 6.92 Å². The molecule has 2 aromatic rings. The van der Waals surface area contributed by atoms with Crippen LogP contribution in [0.25, 0.3) is 0 Å². The molecule has 1 aliphatic heterocycles. The Kier molecular flexibility index (Phi) is 6.41. The van der Waals surface area contributed by atoms with Gasteiger partial charge in [-0.15, -0.1) is 0 Å². The maximum absolute atomic E-state index is 13.8. The quantitative estimate of drug-likeness (QED) is 0.546. The first-order valence-corrected chi connectivity index (χ1v) is 12.9. The number of amides is 1. The number of anilines is 1. The molecule has 4 rings (SSSR count). The number of aromatic nitrogens is 2. The summed E-state index contributed by atoms with van der Waals surface area (Å²) in [5.74, 6) is -1.02. The van der Waals surface area contributed by atoms with Gasteiger partial charge in [0.05, 0.1) is 21.4 Å². The van der Waals surface area contributed by atoms with Gasteiger partial charge in [-0.3, -0.25) is 4.79 Å². The zero-order chi connectivity index (χ0) is 25.0. The highest BCUT2D eigenvalue weighted by molar-refractivity contribution is 7.89. The molecule has 1 aromatic carbocycles. The average molecular weight is 537 g/mol. The van der Waals surface area contributed by atoms with Crippen molar-refractivity contribution in [1.82, 2.24) is 14.1 Å². The van der Waals surface area contributed by atoms with Crippen LogP contribution in [0.15, 0.2) is 35.5 Å². The topological polar surface area (TPSA) is 84.3 Å². The summed E-state index contributed by atoms with van der Waals surface area (Å²) in [5.41, 5.74) is -0.631. The van der Waals surface area contributed by atoms with Gasteiger partial charge in [-0.25, -0.2) is 17.4 Å². The van der Waals surface area contributed by atoms with Gasteiger partial charge in [-0.2, -0.15) is 18.3 Å². The number of allylic oxidation sites excluding steroid dienone is 1. The van der Waals surface area contributed by atoms with Crippen molar-refractivity contribution in [1.29, 1.82) is 0 Å². The van der Waals surface area contributed by atoms with E-state index in [1.165, 1.54) is 25.1 Å². The Bertz CT molecular complexity index is 1290. The zero-order valence-corrected chi connectivity index (χ0v) is 20.5. The second kappa shape index (κ2) is 8.76. The fourth-order valence-electron chi connectivity index (χ4n) is 3.98. The molecule has 1 unspecified atom stereocenters. The van der Waals surface area contributed by atoms with Crippen LogP contribution in [0.1, 0.15) is 50.4 Å². The van der Waals surface area contributed by atoms with Gasteiger partial charge in [-0.05, 0) is 43.9 Å². The molecule has 1 aliphatic carbocycles. The Morgan fingerprint density at radius 2 is 1.91 bits per heavy atom. The van der Waals surface area contributed by atoms with E-state index in [0.717, 1.165) is 15.1 Å². The van der Waals surface area contributed by atoms with E-state index in [0.29, 0.717) is 24.8 Å². The van der Waals surface area contributed by atoms with Crippen molar-refractivity contribution in [3.8, 4) is 0 Å². The zero-order valence-electron chi connectivity index (χ0n) is 18.2. The molecule has 1 N–H and O–H groups in total. The van der Waals surface area contributed by atoms with Crippen LogP contribution >= 0.6 is 23.2 Å². The van der Waals surface area contributed by atoms with Crippen LogP contribution in [-0.4, -0.2) is 40.2 Å². The summed E-state index contributed by atoms with van der Waals surface area (Å²) in [4.78, 5) is 13.8. The Morgan fingerprint density at radius 3 is 2.47 bits per heavy atom. The van der Waals surface area contributed by atoms with Crippen molar-refractivity contribution in [2.75, 3.05) is 11.1 Å². The lowest BCUT2D eigenvalue weighted by Crippen LogP contribution is -2.44. The molecular formula is C21H21Cl2F3N4O3S. The molecule has 1 saturated carbocycles. The number of benzene rings is 1. The highest BCUT2D eigenvalue weighted by atomic mass is 35.5. The highest BCUT2D eigenvalue weighted by Gasteiger charge is 2.46. The van der Waals surface area contributed by atoms with Crippen molar-refractivity contribution in [3.63, 3.8) is 0 Å². The number of carbonyl (C=O) groups excluding carboxylic acids is 1. The minimum Gasteiger partial charge on any atom is -0.344 e. The molecule has 13 heteroatoms. The summed E-state index contributed by atoms with van der Waals surface area (Å²) in [5, 5.41) is 6.85. The van der Waals surface area contributed by atoms with E-state index in [4.69, 9.17) is 23.2 Å². The smallest absolute Gasteiger partial charge is 0.344 e. The summed E-state index contributed by atoms with van der Waals surface area (Å²) in [6, 6.07) is 3.60. The molecule has 0 spiro atoms. The summed E-state index contributed by atoms with van der Waals surface area (Å²) < 4.78 is 68.2. The van der Waals surface area contributed by atoms with Crippen LogP contribution in [0.4, 0.5) is 19.0 Å². The molecule has 0 bridgehead atoms. The lowest BCUT2D eigenvalue weighted by Gasteiger charge is -2.33. The minimum absolute atomic E-state index is 0.00633. The van der Waals surface area contributed by atoms with Crippen molar-refractivity contribution in [3.05, 3.63) is 56.8 Å². The van der Waals surface area contributed by atoms with Gasteiger partial charge < -0.3 is 5.32 Å².